The third-order valence-electron chi connectivity index (χ3n) is 5.71. The van der Waals surface area contributed by atoms with Gasteiger partial charge in [-0.15, -0.1) is 0 Å². The highest BCUT2D eigenvalue weighted by Gasteiger charge is 2.31. The van der Waals surface area contributed by atoms with E-state index in [2.05, 4.69) is 5.32 Å². The summed E-state index contributed by atoms with van der Waals surface area (Å²) in [5.41, 5.74) is 1.40. The lowest BCUT2D eigenvalue weighted by Crippen LogP contribution is -2.51. The predicted molar refractivity (Wildman–Crippen MR) is 122 cm³/mol. The molecule has 0 aliphatic heterocycles. The van der Waals surface area contributed by atoms with Crippen LogP contribution in [0.4, 0.5) is 4.39 Å². The van der Waals surface area contributed by atoms with Gasteiger partial charge in [-0.05, 0) is 54.7 Å². The molecule has 1 fully saturated rings. The van der Waals surface area contributed by atoms with E-state index >= 15 is 0 Å². The molecule has 0 heterocycles. The second kappa shape index (κ2) is 11.0. The van der Waals surface area contributed by atoms with Gasteiger partial charge in [0.2, 0.25) is 11.8 Å². The summed E-state index contributed by atoms with van der Waals surface area (Å²) in [6.07, 6.45) is 4.69. The Labute approximate surface area is 192 Å². The highest BCUT2D eigenvalue weighted by Crippen LogP contribution is 2.25. The summed E-state index contributed by atoms with van der Waals surface area (Å²) < 4.78 is 13.3. The number of amides is 2. The van der Waals surface area contributed by atoms with Gasteiger partial charge in [0.25, 0.3) is 0 Å². The van der Waals surface area contributed by atoms with Crippen LogP contribution in [0.1, 0.15) is 50.2 Å². The second-order valence-electron chi connectivity index (χ2n) is 7.97. The number of nitrogens with zero attached hydrogens (tertiary/aromatic N) is 1. The van der Waals surface area contributed by atoms with Crippen LogP contribution in [-0.4, -0.2) is 28.8 Å². The van der Waals surface area contributed by atoms with Crippen molar-refractivity contribution in [3.8, 4) is 0 Å². The topological polar surface area (TPSA) is 49.4 Å². The first-order valence-corrected chi connectivity index (χ1v) is 11.4. The molecule has 0 saturated heterocycles. The summed E-state index contributed by atoms with van der Waals surface area (Å²) in [4.78, 5) is 28.0. The van der Waals surface area contributed by atoms with Gasteiger partial charge in [-0.2, -0.15) is 0 Å². The van der Waals surface area contributed by atoms with Crippen molar-refractivity contribution < 1.29 is 14.0 Å². The van der Waals surface area contributed by atoms with Gasteiger partial charge in [0.1, 0.15) is 11.9 Å². The fraction of sp³-hybridized carbons (Fsp3) is 0.417. The summed E-state index contributed by atoms with van der Waals surface area (Å²) >= 11 is 12.4. The predicted octanol–water partition coefficient (Wildman–Crippen LogP) is 5.54. The van der Waals surface area contributed by atoms with Crippen LogP contribution < -0.4 is 5.32 Å². The molecule has 0 spiro atoms. The van der Waals surface area contributed by atoms with Crippen molar-refractivity contribution >= 4 is 35.0 Å². The molecule has 0 aromatic heterocycles. The SMILES string of the molecule is CCC(C(=O)NC1CCCC1)N(Cc1ccc(Cl)cc1Cl)C(=O)Cc1ccc(F)cc1. The number of carbonyl (C=O) groups is 2. The molecule has 166 valence electrons. The summed E-state index contributed by atoms with van der Waals surface area (Å²) in [7, 11) is 0. The normalized spacial score (nSPS) is 15.0. The van der Waals surface area contributed by atoms with Crippen LogP contribution in [0.5, 0.6) is 0 Å². The van der Waals surface area contributed by atoms with E-state index in [1.165, 1.54) is 12.1 Å². The first kappa shape index (κ1) is 23.6. The van der Waals surface area contributed by atoms with E-state index in [9.17, 15) is 14.0 Å². The van der Waals surface area contributed by atoms with E-state index < -0.39 is 6.04 Å². The Bertz CT molecular complexity index is 914. The van der Waals surface area contributed by atoms with E-state index in [1.54, 1.807) is 35.2 Å². The summed E-state index contributed by atoms with van der Waals surface area (Å²) in [6.45, 7) is 2.08. The van der Waals surface area contributed by atoms with Crippen LogP contribution in [0, 0.1) is 5.82 Å². The molecule has 1 unspecified atom stereocenters. The molecule has 2 amide bonds. The molecule has 1 saturated carbocycles. The molecule has 4 nitrogen and oxygen atoms in total. The van der Waals surface area contributed by atoms with Gasteiger partial charge in [0.15, 0.2) is 0 Å². The standard InChI is InChI=1S/C24H27Cl2FN2O2/c1-2-22(24(31)28-20-5-3-4-6-20)29(15-17-9-10-18(25)14-21(17)26)23(30)13-16-7-11-19(27)12-8-16/h7-12,14,20,22H,2-6,13,15H2,1H3,(H,28,31). The molecule has 3 rings (SSSR count). The summed E-state index contributed by atoms with van der Waals surface area (Å²) in [5, 5.41) is 4.06. The quantitative estimate of drug-likeness (QED) is 0.557. The maximum Gasteiger partial charge on any atom is 0.243 e. The van der Waals surface area contributed by atoms with Crippen molar-refractivity contribution in [2.24, 2.45) is 0 Å². The van der Waals surface area contributed by atoms with Crippen molar-refractivity contribution in [2.45, 2.75) is 64.1 Å². The molecule has 1 aliphatic carbocycles. The lowest BCUT2D eigenvalue weighted by Gasteiger charge is -2.32. The number of rotatable bonds is 8. The minimum Gasteiger partial charge on any atom is -0.352 e. The van der Waals surface area contributed by atoms with Gasteiger partial charge >= 0.3 is 0 Å². The number of nitrogens with one attached hydrogen (secondary N) is 1. The van der Waals surface area contributed by atoms with Crippen molar-refractivity contribution in [1.82, 2.24) is 10.2 Å². The first-order chi connectivity index (χ1) is 14.9. The van der Waals surface area contributed by atoms with Crippen molar-refractivity contribution in [3.63, 3.8) is 0 Å². The van der Waals surface area contributed by atoms with E-state index in [-0.39, 0.29) is 36.6 Å². The van der Waals surface area contributed by atoms with Crippen molar-refractivity contribution in [1.29, 1.82) is 0 Å². The van der Waals surface area contributed by atoms with Crippen LogP contribution in [-0.2, 0) is 22.6 Å². The van der Waals surface area contributed by atoms with Crippen LogP contribution in [0.3, 0.4) is 0 Å². The van der Waals surface area contributed by atoms with Crippen molar-refractivity contribution in [3.05, 3.63) is 69.5 Å². The molecular formula is C24H27Cl2FN2O2. The molecule has 0 bridgehead atoms. The van der Waals surface area contributed by atoms with E-state index in [0.717, 1.165) is 25.7 Å². The third kappa shape index (κ3) is 6.44. The maximum atomic E-state index is 13.3. The molecular weight excluding hydrogens is 438 g/mol. The smallest absolute Gasteiger partial charge is 0.243 e. The monoisotopic (exact) mass is 464 g/mol. The summed E-state index contributed by atoms with van der Waals surface area (Å²) in [5.74, 6) is -0.721. The van der Waals surface area contributed by atoms with Crippen LogP contribution in [0.25, 0.3) is 0 Å². The zero-order valence-corrected chi connectivity index (χ0v) is 19.1. The zero-order chi connectivity index (χ0) is 22.4. The van der Waals surface area contributed by atoms with Crippen LogP contribution in [0.2, 0.25) is 10.0 Å². The van der Waals surface area contributed by atoms with Gasteiger partial charge in [-0.3, -0.25) is 9.59 Å². The largest absolute Gasteiger partial charge is 0.352 e. The van der Waals surface area contributed by atoms with Gasteiger partial charge in [0.05, 0.1) is 6.42 Å². The Hall–Kier alpha value is -2.11. The number of carbonyl (C=O) groups excluding carboxylic acids is 2. The summed E-state index contributed by atoms with van der Waals surface area (Å²) in [6, 6.07) is 10.5. The van der Waals surface area contributed by atoms with E-state index in [4.69, 9.17) is 23.2 Å². The minimum absolute atomic E-state index is 0.0682. The van der Waals surface area contributed by atoms with Gasteiger partial charge < -0.3 is 10.2 Å². The van der Waals surface area contributed by atoms with Gasteiger partial charge in [0, 0.05) is 22.6 Å². The van der Waals surface area contributed by atoms with Gasteiger partial charge in [-0.1, -0.05) is 61.2 Å². The molecule has 7 heteroatoms. The van der Waals surface area contributed by atoms with E-state index in [1.807, 2.05) is 6.92 Å². The highest BCUT2D eigenvalue weighted by molar-refractivity contribution is 6.35. The Morgan fingerprint density at radius 2 is 1.81 bits per heavy atom. The lowest BCUT2D eigenvalue weighted by molar-refractivity contribution is -0.141. The van der Waals surface area contributed by atoms with Crippen molar-refractivity contribution in [2.75, 3.05) is 0 Å². The molecule has 1 aliphatic rings. The number of hydrogen-bond donors (Lipinski definition) is 1. The molecule has 2 aromatic carbocycles. The Morgan fingerprint density at radius 3 is 2.42 bits per heavy atom. The third-order valence-corrected chi connectivity index (χ3v) is 6.30. The number of benzene rings is 2. The lowest BCUT2D eigenvalue weighted by atomic mass is 10.1. The molecule has 0 radical (unpaired) electrons. The maximum absolute atomic E-state index is 13.3. The Kier molecular flexibility index (Phi) is 8.33. The van der Waals surface area contributed by atoms with E-state index in [0.29, 0.717) is 27.6 Å². The Morgan fingerprint density at radius 1 is 1.13 bits per heavy atom. The average Bonchev–Trinajstić information content (AvgIpc) is 3.24. The van der Waals surface area contributed by atoms with Crippen LogP contribution >= 0.6 is 23.2 Å². The average molecular weight is 465 g/mol. The molecule has 1 atom stereocenters. The fourth-order valence-corrected chi connectivity index (χ4v) is 4.47. The number of halogens is 3. The van der Waals surface area contributed by atoms with Gasteiger partial charge in [-0.25, -0.2) is 4.39 Å². The highest BCUT2D eigenvalue weighted by atomic mass is 35.5. The first-order valence-electron chi connectivity index (χ1n) is 10.7. The number of hydrogen-bond acceptors (Lipinski definition) is 2. The second-order valence-corrected chi connectivity index (χ2v) is 8.82. The molecule has 31 heavy (non-hydrogen) atoms. The fourth-order valence-electron chi connectivity index (χ4n) is 4.00. The molecule has 2 aromatic rings. The zero-order valence-electron chi connectivity index (χ0n) is 17.5. The molecule has 1 N–H and O–H groups in total. The minimum atomic E-state index is -0.625. The van der Waals surface area contributed by atoms with Crippen LogP contribution in [0.15, 0.2) is 42.5 Å². The Balaban J connectivity index is 1.84.